The number of pyridine rings is 1. The molecule has 2 rings (SSSR count). The largest absolute Gasteiger partial charge is 0.480 e. The number of aromatic nitrogens is 1. The van der Waals surface area contributed by atoms with Crippen LogP contribution in [-0.4, -0.2) is 58.6 Å². The van der Waals surface area contributed by atoms with E-state index in [2.05, 4.69) is 9.88 Å². The van der Waals surface area contributed by atoms with Gasteiger partial charge in [0.2, 0.25) is 0 Å². The van der Waals surface area contributed by atoms with Gasteiger partial charge in [0, 0.05) is 38.6 Å². The van der Waals surface area contributed by atoms with Gasteiger partial charge < -0.3 is 5.11 Å². The topological polar surface area (TPSA) is 56.7 Å². The Bertz CT molecular complexity index is 383. The van der Waals surface area contributed by atoms with E-state index in [1.54, 1.807) is 12.4 Å². The van der Waals surface area contributed by atoms with E-state index < -0.39 is 12.0 Å². The molecule has 5 nitrogen and oxygen atoms in total. The van der Waals surface area contributed by atoms with Gasteiger partial charge in [0.05, 0.1) is 0 Å². The summed E-state index contributed by atoms with van der Waals surface area (Å²) in [6.45, 7) is 3.07. The van der Waals surface area contributed by atoms with E-state index in [9.17, 15) is 4.79 Å². The molecule has 1 unspecified atom stereocenters. The molecule has 0 aliphatic carbocycles. The zero-order chi connectivity index (χ0) is 12.3. The minimum atomic E-state index is -0.744. The molecule has 1 aromatic rings. The molecule has 2 heterocycles. The molecule has 5 heteroatoms. The third-order valence-electron chi connectivity index (χ3n) is 3.17. The molecule has 1 aromatic heterocycles. The van der Waals surface area contributed by atoms with E-state index in [-0.39, 0.29) is 0 Å². The van der Waals surface area contributed by atoms with Gasteiger partial charge in [-0.05, 0) is 24.7 Å². The highest BCUT2D eigenvalue weighted by atomic mass is 16.4. The predicted octanol–water partition coefficient (Wildman–Crippen LogP) is 0.282. The highest BCUT2D eigenvalue weighted by Gasteiger charge is 2.29. The van der Waals surface area contributed by atoms with Gasteiger partial charge in [-0.2, -0.15) is 0 Å². The Kier molecular flexibility index (Phi) is 3.71. The van der Waals surface area contributed by atoms with Crippen LogP contribution in [0, 0.1) is 0 Å². The molecule has 0 spiro atoms. The summed E-state index contributed by atoms with van der Waals surface area (Å²) in [6, 6.07) is 3.54. The van der Waals surface area contributed by atoms with Gasteiger partial charge in [-0.25, -0.2) is 0 Å². The number of nitrogens with zero attached hydrogens (tertiary/aromatic N) is 3. The molecule has 1 N–H and O–H groups in total. The zero-order valence-electron chi connectivity index (χ0n) is 9.91. The predicted molar refractivity (Wildman–Crippen MR) is 63.6 cm³/mol. The Balaban J connectivity index is 1.97. The van der Waals surface area contributed by atoms with E-state index >= 15 is 0 Å². The smallest absolute Gasteiger partial charge is 0.322 e. The van der Waals surface area contributed by atoms with Crippen LogP contribution in [0.25, 0.3) is 0 Å². The first kappa shape index (κ1) is 12.0. The van der Waals surface area contributed by atoms with Crippen LogP contribution in [0.15, 0.2) is 24.5 Å². The van der Waals surface area contributed by atoms with Crippen LogP contribution >= 0.6 is 0 Å². The number of carboxylic acids is 1. The first-order valence-electron chi connectivity index (χ1n) is 5.71. The summed E-state index contributed by atoms with van der Waals surface area (Å²) >= 11 is 0. The van der Waals surface area contributed by atoms with Gasteiger partial charge in [0.15, 0.2) is 0 Å². The molecule has 0 saturated carbocycles. The summed E-state index contributed by atoms with van der Waals surface area (Å²) in [4.78, 5) is 19.1. The molecule has 0 bridgehead atoms. The zero-order valence-corrected chi connectivity index (χ0v) is 9.91. The maximum atomic E-state index is 11.1. The lowest BCUT2D eigenvalue weighted by Gasteiger charge is -2.37. The van der Waals surface area contributed by atoms with Gasteiger partial charge in [-0.1, -0.05) is 0 Å². The normalized spacial score (nSPS) is 22.5. The van der Waals surface area contributed by atoms with Gasteiger partial charge in [-0.15, -0.1) is 0 Å². The third-order valence-corrected chi connectivity index (χ3v) is 3.17. The lowest BCUT2D eigenvalue weighted by atomic mass is 10.1. The van der Waals surface area contributed by atoms with Crippen molar-refractivity contribution in [2.45, 2.75) is 12.6 Å². The van der Waals surface area contributed by atoms with Crippen LogP contribution in [0.1, 0.15) is 5.56 Å². The first-order chi connectivity index (χ1) is 8.16. The Morgan fingerprint density at radius 2 is 2.18 bits per heavy atom. The van der Waals surface area contributed by atoms with Gasteiger partial charge >= 0.3 is 5.97 Å². The van der Waals surface area contributed by atoms with Crippen LogP contribution in [0.3, 0.4) is 0 Å². The number of rotatable bonds is 3. The van der Waals surface area contributed by atoms with Crippen LogP contribution < -0.4 is 0 Å². The molecule has 17 heavy (non-hydrogen) atoms. The number of hydrogen-bond acceptors (Lipinski definition) is 4. The Labute approximate surface area is 101 Å². The number of carboxylic acid groups (broad SMARTS) is 1. The summed E-state index contributed by atoms with van der Waals surface area (Å²) in [5, 5.41) is 9.11. The molecule has 0 amide bonds. The minimum Gasteiger partial charge on any atom is -0.480 e. The Morgan fingerprint density at radius 1 is 1.47 bits per heavy atom. The van der Waals surface area contributed by atoms with E-state index in [0.717, 1.165) is 19.6 Å². The molecule has 0 aromatic carbocycles. The Morgan fingerprint density at radius 3 is 2.82 bits per heavy atom. The van der Waals surface area contributed by atoms with Crippen LogP contribution in [0.5, 0.6) is 0 Å². The molecule has 1 fully saturated rings. The average Bonchev–Trinajstić information content (AvgIpc) is 2.32. The van der Waals surface area contributed by atoms with E-state index in [0.29, 0.717) is 6.54 Å². The fourth-order valence-corrected chi connectivity index (χ4v) is 2.09. The van der Waals surface area contributed by atoms with Gasteiger partial charge in [-0.3, -0.25) is 19.6 Å². The second-order valence-electron chi connectivity index (χ2n) is 4.43. The molecule has 92 valence electrons. The van der Waals surface area contributed by atoms with E-state index in [1.165, 1.54) is 5.56 Å². The van der Waals surface area contributed by atoms with Crippen molar-refractivity contribution < 1.29 is 9.90 Å². The van der Waals surface area contributed by atoms with Crippen molar-refractivity contribution in [2.24, 2.45) is 0 Å². The summed E-state index contributed by atoms with van der Waals surface area (Å²) in [5.41, 5.74) is 1.17. The quantitative estimate of drug-likeness (QED) is 0.815. The molecular formula is C12H17N3O2. The summed E-state index contributed by atoms with van der Waals surface area (Å²) in [6.07, 6.45) is 3.53. The molecular weight excluding hydrogens is 218 g/mol. The standard InChI is InChI=1S/C12H17N3O2/c1-14-6-7-15(9-11(14)12(16)17)8-10-2-4-13-5-3-10/h2-5,11H,6-9H2,1H3,(H,16,17). The van der Waals surface area contributed by atoms with Crippen molar-refractivity contribution in [3.8, 4) is 0 Å². The fourth-order valence-electron chi connectivity index (χ4n) is 2.09. The number of piperazine rings is 1. The van der Waals surface area contributed by atoms with E-state index in [4.69, 9.17) is 5.11 Å². The van der Waals surface area contributed by atoms with Crippen molar-refractivity contribution in [3.05, 3.63) is 30.1 Å². The fraction of sp³-hybridized carbons (Fsp3) is 0.500. The maximum absolute atomic E-state index is 11.1. The van der Waals surface area contributed by atoms with Gasteiger partial charge in [0.25, 0.3) is 0 Å². The molecule has 1 aliphatic rings. The maximum Gasteiger partial charge on any atom is 0.322 e. The van der Waals surface area contributed by atoms with Crippen molar-refractivity contribution in [1.29, 1.82) is 0 Å². The summed E-state index contributed by atoms with van der Waals surface area (Å²) in [5.74, 6) is -0.744. The van der Waals surface area contributed by atoms with E-state index in [1.807, 2.05) is 24.1 Å². The van der Waals surface area contributed by atoms with Crippen LogP contribution in [-0.2, 0) is 11.3 Å². The average molecular weight is 235 g/mol. The first-order valence-corrected chi connectivity index (χ1v) is 5.71. The van der Waals surface area contributed by atoms with Crippen molar-refractivity contribution in [1.82, 2.24) is 14.8 Å². The van der Waals surface area contributed by atoms with Crippen LogP contribution in [0.2, 0.25) is 0 Å². The number of carbonyl (C=O) groups is 1. The second-order valence-corrected chi connectivity index (χ2v) is 4.43. The van der Waals surface area contributed by atoms with Crippen molar-refractivity contribution in [2.75, 3.05) is 26.7 Å². The second kappa shape index (κ2) is 5.25. The molecule has 1 atom stereocenters. The third kappa shape index (κ3) is 3.01. The Hall–Kier alpha value is -1.46. The number of hydrogen-bond donors (Lipinski definition) is 1. The van der Waals surface area contributed by atoms with Gasteiger partial charge in [0.1, 0.15) is 6.04 Å². The lowest BCUT2D eigenvalue weighted by Crippen LogP contribution is -2.54. The monoisotopic (exact) mass is 235 g/mol. The van der Waals surface area contributed by atoms with Crippen molar-refractivity contribution >= 4 is 5.97 Å². The molecule has 1 aliphatic heterocycles. The minimum absolute atomic E-state index is 0.398. The molecule has 1 saturated heterocycles. The lowest BCUT2D eigenvalue weighted by molar-refractivity contribution is -0.145. The van der Waals surface area contributed by atoms with Crippen LogP contribution in [0.4, 0.5) is 0 Å². The highest BCUT2D eigenvalue weighted by molar-refractivity contribution is 5.73. The number of aliphatic carboxylic acids is 1. The van der Waals surface area contributed by atoms with Crippen molar-refractivity contribution in [3.63, 3.8) is 0 Å². The molecule has 0 radical (unpaired) electrons. The number of likely N-dealkylation sites (N-methyl/N-ethyl adjacent to an activating group) is 1. The highest BCUT2D eigenvalue weighted by Crippen LogP contribution is 2.11. The summed E-state index contributed by atoms with van der Waals surface area (Å²) < 4.78 is 0. The summed E-state index contributed by atoms with van der Waals surface area (Å²) in [7, 11) is 1.86. The SMILES string of the molecule is CN1CCN(Cc2ccncc2)CC1C(=O)O.